The Morgan fingerprint density at radius 2 is 1.08 bits per heavy atom. The van der Waals surface area contributed by atoms with Gasteiger partial charge in [0.05, 0.1) is 25.2 Å². The average molecular weight is 194 g/mol. The van der Waals surface area contributed by atoms with Crippen molar-refractivity contribution < 1.29 is 34.2 Å². The SMILES string of the molecule is O=C([O-])CO.O=C([O-])CO.[OH][Al+2]. The number of rotatable bonds is 2. The summed E-state index contributed by atoms with van der Waals surface area (Å²) in [5.74, 6) is -2.88. The van der Waals surface area contributed by atoms with E-state index in [1.54, 1.807) is 0 Å². The van der Waals surface area contributed by atoms with Crippen LogP contribution >= 0.6 is 0 Å². The molecule has 68 valence electrons. The molecule has 0 radical (unpaired) electrons. The predicted molar refractivity (Wildman–Crippen MR) is 32.2 cm³/mol. The number of aliphatic hydroxyl groups is 2. The van der Waals surface area contributed by atoms with E-state index in [1.165, 1.54) is 16.6 Å². The van der Waals surface area contributed by atoms with Crippen LogP contribution in [0.25, 0.3) is 0 Å². The van der Waals surface area contributed by atoms with E-state index in [0.717, 1.165) is 0 Å². The Balaban J connectivity index is -0.000000112. The molecule has 0 rings (SSSR count). The monoisotopic (exact) mass is 194 g/mol. The Kier molecular flexibility index (Phi) is 24.3. The summed E-state index contributed by atoms with van der Waals surface area (Å²) in [7, 11) is 0. The molecular formula is C4H7AlO7. The number of aliphatic carboxylic acids is 2. The topological polar surface area (TPSA) is 141 Å². The van der Waals surface area contributed by atoms with Crippen molar-refractivity contribution in [3.8, 4) is 0 Å². The molecule has 0 aromatic rings. The molecule has 7 nitrogen and oxygen atoms in total. The Morgan fingerprint density at radius 1 is 1.00 bits per heavy atom. The quantitative estimate of drug-likeness (QED) is 0.372. The fourth-order valence-electron chi connectivity index (χ4n) is 0. The summed E-state index contributed by atoms with van der Waals surface area (Å²) in [6.45, 7) is -1.78. The summed E-state index contributed by atoms with van der Waals surface area (Å²) in [4.78, 5) is 18.0. The van der Waals surface area contributed by atoms with Gasteiger partial charge in [-0.25, -0.2) is 0 Å². The van der Waals surface area contributed by atoms with E-state index in [-0.39, 0.29) is 0 Å². The Labute approximate surface area is 76.6 Å². The standard InChI is InChI=1S/2C2H4O3.Al.H2O/c2*3-1-2(4)5;;/h2*3H,1H2,(H,4,5);;1H2/q;;+3;/p-3. The van der Waals surface area contributed by atoms with Crippen molar-refractivity contribution in [2.75, 3.05) is 13.2 Å². The third kappa shape index (κ3) is 58.1. The molecule has 0 unspecified atom stereocenters. The van der Waals surface area contributed by atoms with Crippen LogP contribution in [0.5, 0.6) is 0 Å². The molecule has 0 heterocycles. The van der Waals surface area contributed by atoms with Crippen LogP contribution in [-0.4, -0.2) is 56.1 Å². The van der Waals surface area contributed by atoms with Gasteiger partial charge in [-0.2, -0.15) is 0 Å². The van der Waals surface area contributed by atoms with Crippen LogP contribution in [0.4, 0.5) is 0 Å². The van der Waals surface area contributed by atoms with Gasteiger partial charge in [-0.1, -0.05) is 0 Å². The van der Waals surface area contributed by atoms with E-state index < -0.39 is 25.2 Å². The summed E-state index contributed by atoms with van der Waals surface area (Å²) in [6, 6.07) is 0. The Morgan fingerprint density at radius 3 is 1.08 bits per heavy atom. The summed E-state index contributed by atoms with van der Waals surface area (Å²) in [5.41, 5.74) is 0. The second-order valence-electron chi connectivity index (χ2n) is 1.06. The van der Waals surface area contributed by atoms with E-state index >= 15 is 0 Å². The summed E-state index contributed by atoms with van der Waals surface area (Å²) in [6.07, 6.45) is 0. The predicted octanol–water partition coefficient (Wildman–Crippen LogP) is -5.48. The van der Waals surface area contributed by atoms with Crippen LogP contribution in [0.3, 0.4) is 0 Å². The van der Waals surface area contributed by atoms with Gasteiger partial charge < -0.3 is 30.0 Å². The second-order valence-corrected chi connectivity index (χ2v) is 1.06. The van der Waals surface area contributed by atoms with Crippen molar-refractivity contribution in [2.24, 2.45) is 0 Å². The third-order valence-electron chi connectivity index (χ3n) is 0.258. The molecule has 0 fully saturated rings. The fourth-order valence-corrected chi connectivity index (χ4v) is 0. The van der Waals surface area contributed by atoms with Crippen LogP contribution in [0, 0.1) is 0 Å². The van der Waals surface area contributed by atoms with E-state index in [0.29, 0.717) is 0 Å². The van der Waals surface area contributed by atoms with E-state index in [4.69, 9.17) is 34.2 Å². The first-order valence-electron chi connectivity index (χ1n) is 2.41. The van der Waals surface area contributed by atoms with Crippen molar-refractivity contribution in [3.05, 3.63) is 0 Å². The van der Waals surface area contributed by atoms with Crippen LogP contribution in [0.1, 0.15) is 0 Å². The number of hydrogen-bond donors (Lipinski definition) is 3. The van der Waals surface area contributed by atoms with Gasteiger partial charge in [0.2, 0.25) is 0 Å². The van der Waals surface area contributed by atoms with Gasteiger partial charge in [0, 0.05) is 0 Å². The molecule has 0 aliphatic rings. The number of carbonyl (C=O) groups is 2. The number of carboxylic acids is 2. The average Bonchev–Trinajstić information content (AvgIpc) is 2.09. The number of carboxylic acid groups (broad SMARTS) is 2. The molecule has 3 N–H and O–H groups in total. The van der Waals surface area contributed by atoms with Crippen LogP contribution in [0.2, 0.25) is 0 Å². The van der Waals surface area contributed by atoms with E-state index in [9.17, 15) is 0 Å². The maximum absolute atomic E-state index is 9.01. The Bertz CT molecular complexity index is 100.0. The van der Waals surface area contributed by atoms with Crippen molar-refractivity contribution in [1.29, 1.82) is 0 Å². The number of hydrogen-bond acceptors (Lipinski definition) is 7. The molecule has 0 aliphatic heterocycles. The molecule has 0 atom stereocenters. The Hall–Kier alpha value is -0.648. The molecule has 12 heavy (non-hydrogen) atoms. The van der Waals surface area contributed by atoms with E-state index in [2.05, 4.69) is 0 Å². The van der Waals surface area contributed by atoms with Gasteiger partial charge in [-0.3, -0.25) is 0 Å². The molecule has 0 bridgehead atoms. The molecule has 0 aromatic carbocycles. The molecule has 8 heteroatoms. The molecule has 0 amide bonds. The maximum atomic E-state index is 9.01. The summed E-state index contributed by atoms with van der Waals surface area (Å²) >= 11 is 1.42. The number of aliphatic hydroxyl groups excluding tert-OH is 2. The van der Waals surface area contributed by atoms with Crippen LogP contribution in [0.15, 0.2) is 0 Å². The van der Waals surface area contributed by atoms with Gasteiger partial charge in [0.1, 0.15) is 0 Å². The first-order valence-corrected chi connectivity index (χ1v) is 2.93. The number of carbonyl (C=O) groups excluding carboxylic acids is 2. The molecule has 0 aromatic heterocycles. The minimum atomic E-state index is -1.44. The van der Waals surface area contributed by atoms with Gasteiger partial charge in [0.15, 0.2) is 0 Å². The normalized spacial score (nSPS) is 6.75. The first-order chi connectivity index (χ1) is 5.54. The molecule has 0 saturated heterocycles. The van der Waals surface area contributed by atoms with Gasteiger partial charge >= 0.3 is 20.8 Å². The van der Waals surface area contributed by atoms with Gasteiger partial charge in [-0.15, -0.1) is 0 Å². The van der Waals surface area contributed by atoms with Crippen molar-refractivity contribution in [3.63, 3.8) is 0 Å². The van der Waals surface area contributed by atoms with Crippen molar-refractivity contribution >= 4 is 28.6 Å². The molecule has 0 spiro atoms. The first kappa shape index (κ1) is 17.4. The van der Waals surface area contributed by atoms with Crippen molar-refractivity contribution in [2.45, 2.75) is 0 Å². The van der Waals surface area contributed by atoms with E-state index in [1.807, 2.05) is 0 Å². The minimum absolute atomic E-state index is 0.889. The fraction of sp³-hybridized carbons (Fsp3) is 0.500. The van der Waals surface area contributed by atoms with Gasteiger partial charge in [-0.05, 0) is 0 Å². The zero-order valence-electron chi connectivity index (χ0n) is 5.97. The molecule has 0 saturated carbocycles. The van der Waals surface area contributed by atoms with Crippen molar-refractivity contribution in [1.82, 2.24) is 0 Å². The summed E-state index contributed by atoms with van der Waals surface area (Å²) in [5, 5.41) is 33.0. The zero-order chi connectivity index (χ0) is 10.6. The van der Waals surface area contributed by atoms with Crippen LogP contribution in [-0.2, 0) is 9.59 Å². The molecular weight excluding hydrogens is 187 g/mol. The third-order valence-corrected chi connectivity index (χ3v) is 0.258. The second kappa shape index (κ2) is 16.8. The molecule has 0 aliphatic carbocycles. The van der Waals surface area contributed by atoms with Gasteiger partial charge in [0.25, 0.3) is 0 Å². The zero-order valence-corrected chi connectivity index (χ0v) is 7.12. The summed E-state index contributed by atoms with van der Waals surface area (Å²) < 4.78 is 6.92. The van der Waals surface area contributed by atoms with Crippen LogP contribution < -0.4 is 10.2 Å².